The molecule has 1 aliphatic rings. The Kier molecular flexibility index (Phi) is 4.37. The summed E-state index contributed by atoms with van der Waals surface area (Å²) in [5.74, 6) is 0.658. The fourth-order valence-electron chi connectivity index (χ4n) is 2.73. The van der Waals surface area contributed by atoms with Crippen LogP contribution >= 0.6 is 0 Å². The minimum Gasteiger partial charge on any atom is -0.394 e. The molecule has 0 saturated heterocycles. The summed E-state index contributed by atoms with van der Waals surface area (Å²) in [5.41, 5.74) is 0.957. The number of carbonyl (C=O) groups is 1. The van der Waals surface area contributed by atoms with Crippen molar-refractivity contribution in [2.75, 3.05) is 6.61 Å². The number of benzene rings is 1. The van der Waals surface area contributed by atoms with Gasteiger partial charge in [-0.15, -0.1) is 0 Å². The van der Waals surface area contributed by atoms with Gasteiger partial charge in [0.25, 0.3) is 0 Å². The van der Waals surface area contributed by atoms with Crippen molar-refractivity contribution in [3.63, 3.8) is 0 Å². The molecule has 0 heterocycles. The van der Waals surface area contributed by atoms with Crippen molar-refractivity contribution in [3.8, 4) is 0 Å². The monoisotopic (exact) mass is 247 g/mol. The lowest BCUT2D eigenvalue weighted by Crippen LogP contribution is -2.36. The number of amides is 1. The van der Waals surface area contributed by atoms with Crippen molar-refractivity contribution in [1.82, 2.24) is 5.32 Å². The first-order chi connectivity index (χ1) is 8.72. The van der Waals surface area contributed by atoms with E-state index >= 15 is 0 Å². The molecule has 98 valence electrons. The topological polar surface area (TPSA) is 49.3 Å². The first-order valence-electron chi connectivity index (χ1n) is 6.68. The van der Waals surface area contributed by atoms with Crippen LogP contribution in [0.5, 0.6) is 0 Å². The number of rotatable bonds is 4. The molecule has 1 aromatic carbocycles. The predicted molar refractivity (Wildman–Crippen MR) is 70.9 cm³/mol. The van der Waals surface area contributed by atoms with Crippen LogP contribution < -0.4 is 5.32 Å². The molecule has 1 fully saturated rings. The van der Waals surface area contributed by atoms with Crippen LogP contribution in [0.15, 0.2) is 30.3 Å². The molecule has 0 bridgehead atoms. The van der Waals surface area contributed by atoms with Gasteiger partial charge in [-0.3, -0.25) is 4.79 Å². The Morgan fingerprint density at radius 2 is 2.11 bits per heavy atom. The van der Waals surface area contributed by atoms with Gasteiger partial charge >= 0.3 is 0 Å². The Bertz CT molecular complexity index is 391. The fourth-order valence-corrected chi connectivity index (χ4v) is 2.73. The summed E-state index contributed by atoms with van der Waals surface area (Å²) in [6, 6.07) is 9.34. The molecule has 2 unspecified atom stereocenters. The van der Waals surface area contributed by atoms with E-state index in [4.69, 9.17) is 0 Å². The van der Waals surface area contributed by atoms with Gasteiger partial charge in [-0.2, -0.15) is 0 Å². The highest BCUT2D eigenvalue weighted by atomic mass is 16.3. The third-order valence-electron chi connectivity index (χ3n) is 3.90. The molecule has 3 atom stereocenters. The summed E-state index contributed by atoms with van der Waals surface area (Å²) in [6.07, 6.45) is 3.24. The van der Waals surface area contributed by atoms with Gasteiger partial charge in [-0.1, -0.05) is 43.7 Å². The molecular formula is C15H21NO2. The predicted octanol–water partition coefficient (Wildman–Crippen LogP) is 2.27. The molecule has 1 aromatic rings. The van der Waals surface area contributed by atoms with E-state index < -0.39 is 0 Å². The van der Waals surface area contributed by atoms with Crippen LogP contribution in [0.25, 0.3) is 0 Å². The van der Waals surface area contributed by atoms with Crippen molar-refractivity contribution < 1.29 is 9.90 Å². The van der Waals surface area contributed by atoms with E-state index in [0.717, 1.165) is 24.8 Å². The summed E-state index contributed by atoms with van der Waals surface area (Å²) in [7, 11) is 0. The third-order valence-corrected chi connectivity index (χ3v) is 3.90. The summed E-state index contributed by atoms with van der Waals surface area (Å²) in [6.45, 7) is 2.07. The van der Waals surface area contributed by atoms with Crippen molar-refractivity contribution in [2.45, 2.75) is 32.2 Å². The third kappa shape index (κ3) is 2.91. The molecule has 1 amide bonds. The van der Waals surface area contributed by atoms with Crippen LogP contribution in [0.4, 0.5) is 0 Å². The second-order valence-electron chi connectivity index (χ2n) is 5.17. The van der Waals surface area contributed by atoms with E-state index in [-0.39, 0.29) is 24.5 Å². The van der Waals surface area contributed by atoms with Crippen LogP contribution in [0.1, 0.15) is 37.8 Å². The highest BCUT2D eigenvalue weighted by Gasteiger charge is 2.30. The number of aliphatic hydroxyl groups is 1. The quantitative estimate of drug-likeness (QED) is 0.857. The van der Waals surface area contributed by atoms with Gasteiger partial charge in [0, 0.05) is 5.92 Å². The molecule has 1 saturated carbocycles. The normalized spacial score (nSPS) is 24.8. The van der Waals surface area contributed by atoms with Crippen LogP contribution in [0, 0.1) is 11.8 Å². The standard InChI is InChI=1S/C15H21NO2/c1-11-6-5-9-13(11)15(18)16-14(10-17)12-7-3-2-4-8-12/h2-4,7-8,11,13-14,17H,5-6,9-10H2,1H3,(H,16,18)/t11?,13?,14-/m0/s1. The van der Waals surface area contributed by atoms with E-state index in [1.807, 2.05) is 30.3 Å². The van der Waals surface area contributed by atoms with E-state index in [9.17, 15) is 9.90 Å². The molecule has 1 aliphatic carbocycles. The zero-order valence-electron chi connectivity index (χ0n) is 10.8. The SMILES string of the molecule is CC1CCCC1C(=O)N[C@@H](CO)c1ccccc1. The average Bonchev–Trinajstić information content (AvgIpc) is 2.83. The van der Waals surface area contributed by atoms with Crippen LogP contribution in [-0.2, 0) is 4.79 Å². The second-order valence-corrected chi connectivity index (χ2v) is 5.17. The number of hydrogen-bond donors (Lipinski definition) is 2. The van der Waals surface area contributed by atoms with Gasteiger partial charge in [0.15, 0.2) is 0 Å². The van der Waals surface area contributed by atoms with Crippen molar-refractivity contribution in [2.24, 2.45) is 11.8 Å². The number of nitrogens with one attached hydrogen (secondary N) is 1. The minimum absolute atomic E-state index is 0.0587. The Balaban J connectivity index is 2.00. The Morgan fingerprint density at radius 1 is 1.39 bits per heavy atom. The van der Waals surface area contributed by atoms with Gasteiger partial charge in [0.2, 0.25) is 5.91 Å². The first kappa shape index (κ1) is 13.1. The minimum atomic E-state index is -0.286. The molecule has 0 aliphatic heterocycles. The van der Waals surface area contributed by atoms with Crippen molar-refractivity contribution in [3.05, 3.63) is 35.9 Å². The average molecular weight is 247 g/mol. The molecule has 0 aromatic heterocycles. The number of carbonyl (C=O) groups excluding carboxylic acids is 1. The lowest BCUT2D eigenvalue weighted by atomic mass is 9.96. The van der Waals surface area contributed by atoms with Gasteiger partial charge in [-0.25, -0.2) is 0 Å². The maximum atomic E-state index is 12.2. The van der Waals surface area contributed by atoms with Crippen molar-refractivity contribution >= 4 is 5.91 Å². The highest BCUT2D eigenvalue weighted by molar-refractivity contribution is 5.79. The van der Waals surface area contributed by atoms with E-state index in [2.05, 4.69) is 12.2 Å². The fraction of sp³-hybridized carbons (Fsp3) is 0.533. The molecule has 0 radical (unpaired) electrons. The highest BCUT2D eigenvalue weighted by Crippen LogP contribution is 2.31. The van der Waals surface area contributed by atoms with E-state index in [1.165, 1.54) is 0 Å². The molecule has 3 nitrogen and oxygen atoms in total. The lowest BCUT2D eigenvalue weighted by molar-refractivity contribution is -0.127. The smallest absolute Gasteiger partial charge is 0.223 e. The number of hydrogen-bond acceptors (Lipinski definition) is 2. The van der Waals surface area contributed by atoms with Gasteiger partial charge in [0.1, 0.15) is 0 Å². The number of aliphatic hydroxyl groups excluding tert-OH is 1. The molecule has 18 heavy (non-hydrogen) atoms. The Hall–Kier alpha value is -1.35. The van der Waals surface area contributed by atoms with Gasteiger partial charge in [-0.05, 0) is 24.3 Å². The maximum absolute atomic E-state index is 12.2. The lowest BCUT2D eigenvalue weighted by Gasteiger charge is -2.21. The summed E-state index contributed by atoms with van der Waals surface area (Å²) in [5, 5.41) is 12.4. The van der Waals surface area contributed by atoms with Crippen molar-refractivity contribution in [1.29, 1.82) is 0 Å². The molecule has 0 spiro atoms. The van der Waals surface area contributed by atoms with Gasteiger partial charge < -0.3 is 10.4 Å². The first-order valence-corrected chi connectivity index (χ1v) is 6.68. The Morgan fingerprint density at radius 3 is 2.67 bits per heavy atom. The molecular weight excluding hydrogens is 226 g/mol. The van der Waals surface area contributed by atoms with Crippen LogP contribution in [0.3, 0.4) is 0 Å². The summed E-state index contributed by atoms with van der Waals surface area (Å²) in [4.78, 5) is 12.2. The molecule has 2 N–H and O–H groups in total. The van der Waals surface area contributed by atoms with Crippen LogP contribution in [0.2, 0.25) is 0 Å². The Labute approximate surface area is 108 Å². The molecule has 3 heteroatoms. The van der Waals surface area contributed by atoms with Crippen LogP contribution in [-0.4, -0.2) is 17.6 Å². The van der Waals surface area contributed by atoms with E-state index in [1.54, 1.807) is 0 Å². The molecule has 2 rings (SSSR count). The van der Waals surface area contributed by atoms with E-state index in [0.29, 0.717) is 5.92 Å². The second kappa shape index (κ2) is 6.01. The maximum Gasteiger partial charge on any atom is 0.223 e. The summed E-state index contributed by atoms with van der Waals surface area (Å²) >= 11 is 0. The van der Waals surface area contributed by atoms with Gasteiger partial charge in [0.05, 0.1) is 12.6 Å². The zero-order chi connectivity index (χ0) is 13.0. The summed E-state index contributed by atoms with van der Waals surface area (Å²) < 4.78 is 0. The largest absolute Gasteiger partial charge is 0.394 e. The zero-order valence-corrected chi connectivity index (χ0v) is 10.8.